The predicted molar refractivity (Wildman–Crippen MR) is 75.4 cm³/mol. The molecule has 0 unspecified atom stereocenters. The Balaban J connectivity index is 2.55. The van der Waals surface area contributed by atoms with E-state index in [2.05, 4.69) is 25.1 Å². The number of hydrogen-bond acceptors (Lipinski definition) is 2. The van der Waals surface area contributed by atoms with Crippen LogP contribution in [0.1, 0.15) is 24.5 Å². The van der Waals surface area contributed by atoms with E-state index in [1.165, 1.54) is 11.1 Å². The molecule has 0 spiro atoms. The highest BCUT2D eigenvalue weighted by molar-refractivity contribution is 5.71. The molecule has 0 aliphatic rings. The van der Waals surface area contributed by atoms with E-state index in [-0.39, 0.29) is 0 Å². The summed E-state index contributed by atoms with van der Waals surface area (Å²) in [7, 11) is 0. The molecular weight excluding hydrogens is 222 g/mol. The van der Waals surface area contributed by atoms with E-state index in [1.54, 1.807) is 12.1 Å². The second kappa shape index (κ2) is 5.69. The normalized spacial score (nSPS) is 10.6. The summed E-state index contributed by atoms with van der Waals surface area (Å²) in [5, 5.41) is 9.38. The molecule has 3 N–H and O–H groups in total. The zero-order valence-corrected chi connectivity index (χ0v) is 10.7. The zero-order chi connectivity index (χ0) is 13.0. The maximum atomic E-state index is 9.38. The summed E-state index contributed by atoms with van der Waals surface area (Å²) in [5.74, 6) is 0.293. The van der Waals surface area contributed by atoms with Crippen molar-refractivity contribution in [1.82, 2.24) is 0 Å². The highest BCUT2D eigenvalue weighted by Crippen LogP contribution is 2.29. The van der Waals surface area contributed by atoms with Gasteiger partial charge in [0.15, 0.2) is 0 Å². The van der Waals surface area contributed by atoms with E-state index in [9.17, 15) is 5.11 Å². The second-order valence-corrected chi connectivity index (χ2v) is 4.45. The molecule has 0 aliphatic heterocycles. The molecule has 18 heavy (non-hydrogen) atoms. The molecule has 94 valence electrons. The minimum Gasteiger partial charge on any atom is -0.508 e. The minimum absolute atomic E-state index is 0.293. The van der Waals surface area contributed by atoms with Crippen LogP contribution in [0.2, 0.25) is 0 Å². The predicted octanol–water partition coefficient (Wildman–Crippen LogP) is 3.47. The Morgan fingerprint density at radius 1 is 1.00 bits per heavy atom. The van der Waals surface area contributed by atoms with Gasteiger partial charge >= 0.3 is 0 Å². The largest absolute Gasteiger partial charge is 0.508 e. The van der Waals surface area contributed by atoms with Crippen LogP contribution in [0.5, 0.6) is 5.75 Å². The first-order valence-corrected chi connectivity index (χ1v) is 6.36. The van der Waals surface area contributed by atoms with Crippen molar-refractivity contribution in [3.8, 4) is 16.9 Å². The van der Waals surface area contributed by atoms with E-state index in [1.807, 2.05) is 12.1 Å². The summed E-state index contributed by atoms with van der Waals surface area (Å²) in [6, 6.07) is 13.6. The van der Waals surface area contributed by atoms with Crippen LogP contribution in [0.4, 0.5) is 0 Å². The highest BCUT2D eigenvalue weighted by Gasteiger charge is 2.09. The van der Waals surface area contributed by atoms with E-state index in [0.717, 1.165) is 24.0 Å². The first-order valence-electron chi connectivity index (χ1n) is 6.36. The third-order valence-corrected chi connectivity index (χ3v) is 3.13. The Morgan fingerprint density at radius 3 is 2.28 bits per heavy atom. The Labute approximate surface area is 108 Å². The average Bonchev–Trinajstić information content (AvgIpc) is 2.40. The maximum absolute atomic E-state index is 9.38. The van der Waals surface area contributed by atoms with Crippen molar-refractivity contribution in [3.05, 3.63) is 53.6 Å². The van der Waals surface area contributed by atoms with Crippen molar-refractivity contribution in [3.63, 3.8) is 0 Å². The smallest absolute Gasteiger partial charge is 0.115 e. The van der Waals surface area contributed by atoms with E-state index in [4.69, 9.17) is 5.73 Å². The van der Waals surface area contributed by atoms with Gasteiger partial charge in [-0.25, -0.2) is 0 Å². The fourth-order valence-electron chi connectivity index (χ4n) is 2.30. The van der Waals surface area contributed by atoms with Gasteiger partial charge in [0, 0.05) is 6.54 Å². The third-order valence-electron chi connectivity index (χ3n) is 3.13. The number of aromatic hydroxyl groups is 1. The number of aryl methyl sites for hydroxylation is 1. The van der Waals surface area contributed by atoms with Crippen molar-refractivity contribution < 1.29 is 5.11 Å². The van der Waals surface area contributed by atoms with Gasteiger partial charge < -0.3 is 10.8 Å². The summed E-state index contributed by atoms with van der Waals surface area (Å²) in [6.07, 6.45) is 2.16. The van der Waals surface area contributed by atoms with Gasteiger partial charge in [0.05, 0.1) is 0 Å². The summed E-state index contributed by atoms with van der Waals surface area (Å²) < 4.78 is 0. The molecule has 2 nitrogen and oxygen atoms in total. The Hall–Kier alpha value is -1.80. The van der Waals surface area contributed by atoms with Crippen LogP contribution < -0.4 is 5.73 Å². The van der Waals surface area contributed by atoms with Crippen LogP contribution in [0.3, 0.4) is 0 Å². The Bertz CT molecular complexity index is 517. The van der Waals surface area contributed by atoms with Crippen LogP contribution in [0.25, 0.3) is 11.1 Å². The number of rotatable bonds is 4. The standard InChI is InChI=1S/C16H19NO/c1-2-4-12-5-3-6-14(11-17)16(12)13-7-9-15(18)10-8-13/h3,5-10,18H,2,4,11,17H2,1H3. The van der Waals surface area contributed by atoms with Gasteiger partial charge in [-0.3, -0.25) is 0 Å². The van der Waals surface area contributed by atoms with Crippen LogP contribution in [-0.4, -0.2) is 5.11 Å². The molecule has 0 bridgehead atoms. The van der Waals surface area contributed by atoms with Crippen molar-refractivity contribution in [1.29, 1.82) is 0 Å². The molecule has 0 radical (unpaired) electrons. The monoisotopic (exact) mass is 241 g/mol. The van der Waals surface area contributed by atoms with Crippen LogP contribution in [-0.2, 0) is 13.0 Å². The molecule has 0 saturated heterocycles. The fraction of sp³-hybridized carbons (Fsp3) is 0.250. The number of hydrogen-bond donors (Lipinski definition) is 2. The second-order valence-electron chi connectivity index (χ2n) is 4.45. The lowest BCUT2D eigenvalue weighted by Crippen LogP contribution is -2.02. The lowest BCUT2D eigenvalue weighted by atomic mass is 9.92. The molecular formula is C16H19NO. The summed E-state index contributed by atoms with van der Waals surface area (Å²) in [6.45, 7) is 2.71. The van der Waals surface area contributed by atoms with Crippen LogP contribution in [0.15, 0.2) is 42.5 Å². The van der Waals surface area contributed by atoms with E-state index >= 15 is 0 Å². The SMILES string of the molecule is CCCc1cccc(CN)c1-c1ccc(O)cc1. The topological polar surface area (TPSA) is 46.2 Å². The fourth-order valence-corrected chi connectivity index (χ4v) is 2.30. The summed E-state index contributed by atoms with van der Waals surface area (Å²) in [5.41, 5.74) is 10.7. The minimum atomic E-state index is 0.293. The Kier molecular flexibility index (Phi) is 4.00. The molecule has 0 atom stereocenters. The van der Waals surface area contributed by atoms with Gasteiger partial charge in [0.1, 0.15) is 5.75 Å². The molecule has 0 heterocycles. The van der Waals surface area contributed by atoms with Gasteiger partial charge in [-0.05, 0) is 40.8 Å². The van der Waals surface area contributed by atoms with Crippen molar-refractivity contribution >= 4 is 0 Å². The molecule has 0 aliphatic carbocycles. The quantitative estimate of drug-likeness (QED) is 0.861. The summed E-state index contributed by atoms with van der Waals surface area (Å²) >= 11 is 0. The molecule has 0 amide bonds. The van der Waals surface area contributed by atoms with Gasteiger partial charge in [-0.1, -0.05) is 43.7 Å². The lowest BCUT2D eigenvalue weighted by Gasteiger charge is -2.14. The van der Waals surface area contributed by atoms with Crippen molar-refractivity contribution in [2.45, 2.75) is 26.3 Å². The van der Waals surface area contributed by atoms with Crippen molar-refractivity contribution in [2.24, 2.45) is 5.73 Å². The zero-order valence-electron chi connectivity index (χ0n) is 10.7. The van der Waals surface area contributed by atoms with Gasteiger partial charge in [-0.2, -0.15) is 0 Å². The van der Waals surface area contributed by atoms with Crippen LogP contribution >= 0.6 is 0 Å². The lowest BCUT2D eigenvalue weighted by molar-refractivity contribution is 0.475. The number of benzene rings is 2. The van der Waals surface area contributed by atoms with Gasteiger partial charge in [0.2, 0.25) is 0 Å². The molecule has 0 aromatic heterocycles. The van der Waals surface area contributed by atoms with Crippen molar-refractivity contribution in [2.75, 3.05) is 0 Å². The van der Waals surface area contributed by atoms with Gasteiger partial charge in [0.25, 0.3) is 0 Å². The van der Waals surface area contributed by atoms with E-state index in [0.29, 0.717) is 12.3 Å². The number of phenolic OH excluding ortho intramolecular Hbond substituents is 1. The first kappa shape index (κ1) is 12.7. The third kappa shape index (κ3) is 2.54. The molecule has 2 rings (SSSR count). The number of nitrogens with two attached hydrogens (primary N) is 1. The molecule has 0 saturated carbocycles. The van der Waals surface area contributed by atoms with Crippen LogP contribution in [0, 0.1) is 0 Å². The summed E-state index contributed by atoms with van der Waals surface area (Å²) in [4.78, 5) is 0. The molecule has 2 aromatic rings. The number of phenols is 1. The average molecular weight is 241 g/mol. The molecule has 2 heteroatoms. The highest BCUT2D eigenvalue weighted by atomic mass is 16.3. The van der Waals surface area contributed by atoms with Gasteiger partial charge in [-0.15, -0.1) is 0 Å². The Morgan fingerprint density at radius 2 is 1.67 bits per heavy atom. The molecule has 2 aromatic carbocycles. The maximum Gasteiger partial charge on any atom is 0.115 e. The molecule has 0 fully saturated rings. The first-order chi connectivity index (χ1) is 8.76. The van der Waals surface area contributed by atoms with E-state index < -0.39 is 0 Å².